The first-order valence-corrected chi connectivity index (χ1v) is 12.4. The third kappa shape index (κ3) is 5.22. The van der Waals surface area contributed by atoms with E-state index in [1.165, 1.54) is 16.7 Å². The van der Waals surface area contributed by atoms with Crippen LogP contribution in [-0.4, -0.2) is 19.7 Å². The van der Waals surface area contributed by atoms with Crippen molar-refractivity contribution in [3.63, 3.8) is 0 Å². The zero-order chi connectivity index (χ0) is 22.7. The number of aromatic nitrogens is 4. The lowest BCUT2D eigenvalue weighted by Crippen LogP contribution is -2.10. The summed E-state index contributed by atoms with van der Waals surface area (Å²) in [7, 11) is 1.98. The van der Waals surface area contributed by atoms with E-state index in [2.05, 4.69) is 79.7 Å². The van der Waals surface area contributed by atoms with Crippen molar-refractivity contribution < 1.29 is 4.74 Å². The van der Waals surface area contributed by atoms with Crippen LogP contribution in [0, 0.1) is 6.92 Å². The van der Waals surface area contributed by atoms with Crippen LogP contribution in [0.5, 0.6) is 5.75 Å². The SMILES string of the molecule is Cc1ccccc1-c1nc(CSc2nnc(COc3ccc(C(C)(C)C)cc3)n2C)cs1. The molecule has 0 atom stereocenters. The van der Waals surface area contributed by atoms with E-state index in [0.717, 1.165) is 33.2 Å². The first-order chi connectivity index (χ1) is 15.3. The van der Waals surface area contributed by atoms with Crippen molar-refractivity contribution in [2.24, 2.45) is 7.05 Å². The molecule has 0 aliphatic heterocycles. The Balaban J connectivity index is 1.35. The van der Waals surface area contributed by atoms with Gasteiger partial charge in [-0.3, -0.25) is 0 Å². The number of hydrogen-bond acceptors (Lipinski definition) is 6. The standard InChI is InChI=1S/C25H28N4OS2/c1-17-8-6-7-9-21(17)23-26-19(15-31-23)16-32-24-28-27-22(29(24)5)14-30-20-12-10-18(11-13-20)25(2,3)4/h6-13,15H,14,16H2,1-5H3. The van der Waals surface area contributed by atoms with Gasteiger partial charge in [-0.2, -0.15) is 0 Å². The molecular formula is C25H28N4OS2. The minimum absolute atomic E-state index is 0.131. The van der Waals surface area contributed by atoms with Crippen LogP contribution in [0.3, 0.4) is 0 Å². The molecule has 2 aromatic heterocycles. The summed E-state index contributed by atoms with van der Waals surface area (Å²) in [4.78, 5) is 4.81. The van der Waals surface area contributed by atoms with Crippen molar-refractivity contribution in [2.45, 2.75) is 50.6 Å². The van der Waals surface area contributed by atoms with Crippen LogP contribution in [0.15, 0.2) is 59.1 Å². The van der Waals surface area contributed by atoms with Gasteiger partial charge < -0.3 is 9.30 Å². The van der Waals surface area contributed by atoms with E-state index in [1.807, 2.05) is 23.7 Å². The monoisotopic (exact) mass is 464 g/mol. The predicted molar refractivity (Wildman–Crippen MR) is 132 cm³/mol. The molecule has 0 amide bonds. The molecule has 5 nitrogen and oxygen atoms in total. The first kappa shape index (κ1) is 22.6. The highest BCUT2D eigenvalue weighted by Gasteiger charge is 2.14. The maximum Gasteiger partial charge on any atom is 0.191 e. The molecule has 0 aliphatic rings. The zero-order valence-electron chi connectivity index (χ0n) is 19.1. The second-order valence-corrected chi connectivity index (χ2v) is 10.6. The van der Waals surface area contributed by atoms with Gasteiger partial charge in [-0.15, -0.1) is 21.5 Å². The summed E-state index contributed by atoms with van der Waals surface area (Å²) in [6.45, 7) is 9.12. The van der Waals surface area contributed by atoms with E-state index in [0.29, 0.717) is 6.61 Å². The molecular weight excluding hydrogens is 436 g/mol. The second kappa shape index (κ2) is 9.46. The third-order valence-corrected chi connectivity index (χ3v) is 7.27. The Morgan fingerprint density at radius 3 is 2.50 bits per heavy atom. The molecule has 0 N–H and O–H groups in total. The van der Waals surface area contributed by atoms with Crippen molar-refractivity contribution in [3.05, 3.63) is 76.6 Å². The van der Waals surface area contributed by atoms with E-state index in [1.54, 1.807) is 23.1 Å². The summed E-state index contributed by atoms with van der Waals surface area (Å²) >= 11 is 3.32. The molecule has 0 unspecified atom stereocenters. The van der Waals surface area contributed by atoms with Gasteiger partial charge in [0.15, 0.2) is 11.0 Å². The van der Waals surface area contributed by atoms with Crippen LogP contribution in [-0.2, 0) is 24.8 Å². The van der Waals surface area contributed by atoms with Gasteiger partial charge in [-0.25, -0.2) is 4.98 Å². The lowest BCUT2D eigenvalue weighted by Gasteiger charge is -2.19. The van der Waals surface area contributed by atoms with E-state index in [4.69, 9.17) is 9.72 Å². The van der Waals surface area contributed by atoms with Crippen LogP contribution in [0.4, 0.5) is 0 Å². The Hall–Kier alpha value is -2.64. The van der Waals surface area contributed by atoms with Gasteiger partial charge in [0.2, 0.25) is 0 Å². The van der Waals surface area contributed by atoms with Gasteiger partial charge in [0.25, 0.3) is 0 Å². The van der Waals surface area contributed by atoms with Crippen molar-refractivity contribution >= 4 is 23.1 Å². The normalized spacial score (nSPS) is 11.7. The van der Waals surface area contributed by atoms with Crippen LogP contribution in [0.2, 0.25) is 0 Å². The molecule has 0 saturated heterocycles. The van der Waals surface area contributed by atoms with Crippen LogP contribution < -0.4 is 4.74 Å². The van der Waals surface area contributed by atoms with E-state index >= 15 is 0 Å². The summed E-state index contributed by atoms with van der Waals surface area (Å²) in [6, 6.07) is 16.6. The minimum atomic E-state index is 0.131. The molecule has 32 heavy (non-hydrogen) atoms. The van der Waals surface area contributed by atoms with Crippen LogP contribution >= 0.6 is 23.1 Å². The van der Waals surface area contributed by atoms with Crippen molar-refractivity contribution in [3.8, 4) is 16.3 Å². The molecule has 4 rings (SSSR count). The fourth-order valence-corrected chi connectivity index (χ4v) is 5.08. The maximum atomic E-state index is 5.94. The number of thioether (sulfide) groups is 1. The number of nitrogens with zero attached hydrogens (tertiary/aromatic N) is 4. The van der Waals surface area contributed by atoms with E-state index < -0.39 is 0 Å². The number of benzene rings is 2. The highest BCUT2D eigenvalue weighted by atomic mass is 32.2. The summed E-state index contributed by atoms with van der Waals surface area (Å²) in [5.74, 6) is 2.39. The van der Waals surface area contributed by atoms with E-state index in [9.17, 15) is 0 Å². The average Bonchev–Trinajstić information content (AvgIpc) is 3.37. The maximum absolute atomic E-state index is 5.94. The fourth-order valence-electron chi connectivity index (χ4n) is 3.24. The average molecular weight is 465 g/mol. The van der Waals surface area contributed by atoms with Crippen LogP contribution in [0.1, 0.15) is 43.4 Å². The zero-order valence-corrected chi connectivity index (χ0v) is 20.8. The number of thiazole rings is 1. The summed E-state index contributed by atoms with van der Waals surface area (Å²) < 4.78 is 7.93. The molecule has 2 heterocycles. The molecule has 0 bridgehead atoms. The predicted octanol–water partition coefficient (Wildman–Crippen LogP) is 6.42. The molecule has 0 radical (unpaired) electrons. The Bertz CT molecular complexity index is 1190. The molecule has 4 aromatic rings. The molecule has 166 valence electrons. The Morgan fingerprint density at radius 2 is 1.78 bits per heavy atom. The largest absolute Gasteiger partial charge is 0.486 e. The van der Waals surface area contributed by atoms with Gasteiger partial charge in [0, 0.05) is 23.7 Å². The van der Waals surface area contributed by atoms with Gasteiger partial charge in [0.05, 0.1) is 5.69 Å². The molecule has 0 spiro atoms. The second-order valence-electron chi connectivity index (χ2n) is 8.77. The fraction of sp³-hybridized carbons (Fsp3) is 0.320. The number of hydrogen-bond donors (Lipinski definition) is 0. The summed E-state index contributed by atoms with van der Waals surface area (Å²) in [5.41, 5.74) is 4.91. The number of aryl methyl sites for hydroxylation is 1. The van der Waals surface area contributed by atoms with Gasteiger partial charge in [-0.1, -0.05) is 68.9 Å². The van der Waals surface area contributed by atoms with Gasteiger partial charge >= 0.3 is 0 Å². The number of rotatable bonds is 7. The lowest BCUT2D eigenvalue weighted by atomic mass is 9.87. The molecule has 0 saturated carbocycles. The topological polar surface area (TPSA) is 52.8 Å². The summed E-state index contributed by atoms with van der Waals surface area (Å²) in [6.07, 6.45) is 0. The van der Waals surface area contributed by atoms with Gasteiger partial charge in [0.1, 0.15) is 17.4 Å². The van der Waals surface area contributed by atoms with Crippen molar-refractivity contribution in [1.29, 1.82) is 0 Å². The Kier molecular flexibility index (Phi) is 6.67. The van der Waals surface area contributed by atoms with Crippen molar-refractivity contribution in [1.82, 2.24) is 19.7 Å². The van der Waals surface area contributed by atoms with E-state index in [-0.39, 0.29) is 5.41 Å². The smallest absolute Gasteiger partial charge is 0.191 e. The molecule has 0 fully saturated rings. The lowest BCUT2D eigenvalue weighted by molar-refractivity contribution is 0.290. The third-order valence-electron chi connectivity index (χ3n) is 5.29. The molecule has 0 aliphatic carbocycles. The Labute approximate surface area is 197 Å². The minimum Gasteiger partial charge on any atom is -0.486 e. The Morgan fingerprint density at radius 1 is 1.03 bits per heavy atom. The van der Waals surface area contributed by atoms with Crippen LogP contribution in [0.25, 0.3) is 10.6 Å². The highest BCUT2D eigenvalue weighted by Crippen LogP contribution is 2.29. The summed E-state index contributed by atoms with van der Waals surface area (Å²) in [5, 5.41) is 12.7. The first-order valence-electron chi connectivity index (χ1n) is 10.6. The van der Waals surface area contributed by atoms with Gasteiger partial charge in [-0.05, 0) is 35.6 Å². The number of ether oxygens (including phenoxy) is 1. The highest BCUT2D eigenvalue weighted by molar-refractivity contribution is 7.98. The van der Waals surface area contributed by atoms with Crippen molar-refractivity contribution in [2.75, 3.05) is 0 Å². The quantitative estimate of drug-likeness (QED) is 0.296. The molecule has 7 heteroatoms. The molecule has 2 aromatic carbocycles.